The number of aromatic nitrogens is 2. The second kappa shape index (κ2) is 5.27. The maximum absolute atomic E-state index is 11.0. The van der Waals surface area contributed by atoms with Crippen molar-refractivity contribution in [1.82, 2.24) is 9.78 Å². The zero-order valence-corrected chi connectivity index (χ0v) is 11.3. The summed E-state index contributed by atoms with van der Waals surface area (Å²) in [6, 6.07) is 4.65. The van der Waals surface area contributed by atoms with Gasteiger partial charge in [-0.3, -0.25) is 14.8 Å². The highest BCUT2D eigenvalue weighted by Gasteiger charge is 2.16. The predicted octanol–water partition coefficient (Wildman–Crippen LogP) is 2.90. The van der Waals surface area contributed by atoms with Crippen LogP contribution in [0.25, 0.3) is 0 Å². The van der Waals surface area contributed by atoms with Crippen molar-refractivity contribution in [1.29, 1.82) is 0 Å². The number of nitro benzene ring substituents is 1. The first-order chi connectivity index (χ1) is 8.99. The summed E-state index contributed by atoms with van der Waals surface area (Å²) in [4.78, 5) is 10.5. The Bertz CT molecular complexity index is 624. The van der Waals surface area contributed by atoms with Crippen LogP contribution in [0.2, 0.25) is 5.02 Å². The molecule has 0 spiro atoms. The van der Waals surface area contributed by atoms with Crippen LogP contribution in [0.5, 0.6) is 0 Å². The van der Waals surface area contributed by atoms with Crippen molar-refractivity contribution in [2.45, 2.75) is 13.5 Å². The molecule has 1 N–H and O–H groups in total. The number of nitrogens with zero attached hydrogens (tertiary/aromatic N) is 3. The van der Waals surface area contributed by atoms with Gasteiger partial charge in [0.25, 0.3) is 5.69 Å². The lowest BCUT2D eigenvalue weighted by Crippen LogP contribution is -2.04. The molecular formula is C12H13ClN4O2. The number of nitrogens with one attached hydrogen (secondary N) is 1. The Labute approximate surface area is 115 Å². The Kier molecular flexibility index (Phi) is 3.71. The monoisotopic (exact) mass is 280 g/mol. The summed E-state index contributed by atoms with van der Waals surface area (Å²) < 4.78 is 1.68. The SMILES string of the molecule is Cc1nn(C)cc1NCc1c(Cl)cccc1[N+](=O)[O-]. The minimum absolute atomic E-state index is 0.0153. The Morgan fingerprint density at radius 2 is 2.26 bits per heavy atom. The molecule has 6 nitrogen and oxygen atoms in total. The molecule has 0 aliphatic rings. The fraction of sp³-hybridized carbons (Fsp3) is 0.250. The van der Waals surface area contributed by atoms with Gasteiger partial charge in [-0.25, -0.2) is 0 Å². The topological polar surface area (TPSA) is 73.0 Å². The molecule has 0 aliphatic carbocycles. The molecule has 2 aromatic rings. The zero-order valence-electron chi connectivity index (χ0n) is 10.6. The van der Waals surface area contributed by atoms with E-state index < -0.39 is 4.92 Å². The van der Waals surface area contributed by atoms with Crippen molar-refractivity contribution in [3.8, 4) is 0 Å². The van der Waals surface area contributed by atoms with E-state index in [9.17, 15) is 10.1 Å². The van der Waals surface area contributed by atoms with Crippen molar-refractivity contribution in [3.63, 3.8) is 0 Å². The minimum Gasteiger partial charge on any atom is -0.378 e. The van der Waals surface area contributed by atoms with Crippen molar-refractivity contribution in [2.75, 3.05) is 5.32 Å². The molecule has 0 amide bonds. The Morgan fingerprint density at radius 1 is 1.53 bits per heavy atom. The molecule has 0 radical (unpaired) electrons. The van der Waals surface area contributed by atoms with E-state index in [1.54, 1.807) is 16.8 Å². The van der Waals surface area contributed by atoms with Crippen LogP contribution in [0.1, 0.15) is 11.3 Å². The quantitative estimate of drug-likeness (QED) is 0.690. The van der Waals surface area contributed by atoms with Crippen molar-refractivity contribution in [2.24, 2.45) is 7.05 Å². The van der Waals surface area contributed by atoms with Gasteiger partial charge in [-0.15, -0.1) is 0 Å². The molecule has 100 valence electrons. The minimum atomic E-state index is -0.432. The largest absolute Gasteiger partial charge is 0.378 e. The lowest BCUT2D eigenvalue weighted by molar-refractivity contribution is -0.385. The normalized spacial score (nSPS) is 10.5. The van der Waals surface area contributed by atoms with E-state index in [-0.39, 0.29) is 12.2 Å². The molecular weight excluding hydrogens is 268 g/mol. The molecule has 7 heteroatoms. The molecule has 1 aromatic carbocycles. The molecule has 0 fully saturated rings. The van der Waals surface area contributed by atoms with Gasteiger partial charge in [0.15, 0.2) is 0 Å². The molecule has 1 heterocycles. The first-order valence-corrected chi connectivity index (χ1v) is 6.02. The highest BCUT2D eigenvalue weighted by molar-refractivity contribution is 6.31. The number of rotatable bonds is 4. The van der Waals surface area contributed by atoms with E-state index in [0.29, 0.717) is 10.6 Å². The van der Waals surface area contributed by atoms with Gasteiger partial charge < -0.3 is 5.32 Å². The highest BCUT2D eigenvalue weighted by atomic mass is 35.5. The van der Waals surface area contributed by atoms with Crippen molar-refractivity contribution >= 4 is 23.0 Å². The average Bonchev–Trinajstić information content (AvgIpc) is 2.66. The van der Waals surface area contributed by atoms with Gasteiger partial charge in [0.2, 0.25) is 0 Å². The van der Waals surface area contributed by atoms with E-state index in [1.807, 2.05) is 20.2 Å². The molecule has 2 rings (SSSR count). The Balaban J connectivity index is 2.24. The van der Waals surface area contributed by atoms with Crippen LogP contribution in [0.3, 0.4) is 0 Å². The number of nitro groups is 1. The number of benzene rings is 1. The van der Waals surface area contributed by atoms with Crippen LogP contribution in [-0.2, 0) is 13.6 Å². The molecule has 1 aromatic heterocycles. The maximum Gasteiger partial charge on any atom is 0.275 e. The first kappa shape index (κ1) is 13.4. The molecule has 0 saturated carbocycles. The zero-order chi connectivity index (χ0) is 14.0. The first-order valence-electron chi connectivity index (χ1n) is 5.65. The van der Waals surface area contributed by atoms with E-state index >= 15 is 0 Å². The summed E-state index contributed by atoms with van der Waals surface area (Å²) in [6.45, 7) is 2.14. The fourth-order valence-corrected chi connectivity index (χ4v) is 2.09. The third kappa shape index (κ3) is 2.85. The predicted molar refractivity (Wildman–Crippen MR) is 73.4 cm³/mol. The summed E-state index contributed by atoms with van der Waals surface area (Å²) >= 11 is 6.02. The number of halogens is 1. The van der Waals surface area contributed by atoms with Crippen LogP contribution in [0.4, 0.5) is 11.4 Å². The highest BCUT2D eigenvalue weighted by Crippen LogP contribution is 2.27. The number of aryl methyl sites for hydroxylation is 2. The lowest BCUT2D eigenvalue weighted by Gasteiger charge is -2.07. The van der Waals surface area contributed by atoms with Crippen molar-refractivity contribution in [3.05, 3.63) is 50.8 Å². The number of anilines is 1. The second-order valence-electron chi connectivity index (χ2n) is 4.15. The Morgan fingerprint density at radius 3 is 2.84 bits per heavy atom. The van der Waals surface area contributed by atoms with Crippen LogP contribution >= 0.6 is 11.6 Å². The van der Waals surface area contributed by atoms with Gasteiger partial charge in [-0.05, 0) is 13.0 Å². The van der Waals surface area contributed by atoms with Gasteiger partial charge in [0.05, 0.1) is 26.9 Å². The van der Waals surface area contributed by atoms with E-state index in [4.69, 9.17) is 11.6 Å². The smallest absolute Gasteiger partial charge is 0.275 e. The van der Waals surface area contributed by atoms with E-state index in [1.165, 1.54) is 6.07 Å². The van der Waals surface area contributed by atoms with Gasteiger partial charge >= 0.3 is 0 Å². The third-order valence-corrected chi connectivity index (χ3v) is 3.11. The summed E-state index contributed by atoms with van der Waals surface area (Å²) in [5.74, 6) is 0. The van der Waals surface area contributed by atoms with Gasteiger partial charge in [-0.2, -0.15) is 5.10 Å². The average molecular weight is 281 g/mol. The number of hydrogen-bond acceptors (Lipinski definition) is 4. The van der Waals surface area contributed by atoms with Crippen LogP contribution < -0.4 is 5.32 Å². The molecule has 19 heavy (non-hydrogen) atoms. The summed E-state index contributed by atoms with van der Waals surface area (Å²) in [6.07, 6.45) is 1.82. The molecule has 0 aliphatic heterocycles. The van der Waals surface area contributed by atoms with Gasteiger partial charge in [-0.1, -0.05) is 17.7 Å². The van der Waals surface area contributed by atoms with Crippen molar-refractivity contribution < 1.29 is 4.92 Å². The second-order valence-corrected chi connectivity index (χ2v) is 4.56. The number of hydrogen-bond donors (Lipinski definition) is 1. The van der Waals surface area contributed by atoms with E-state index in [2.05, 4.69) is 10.4 Å². The lowest BCUT2D eigenvalue weighted by atomic mass is 10.1. The standard InChI is InChI=1S/C12H13ClN4O2/c1-8-11(7-16(2)15-8)14-6-9-10(13)4-3-5-12(9)17(18)19/h3-5,7,14H,6H2,1-2H3. The molecule has 0 bridgehead atoms. The van der Waals surface area contributed by atoms with E-state index in [0.717, 1.165) is 11.4 Å². The Hall–Kier alpha value is -2.08. The summed E-state index contributed by atoms with van der Waals surface area (Å²) in [7, 11) is 1.82. The van der Waals surface area contributed by atoms with Crippen LogP contribution in [-0.4, -0.2) is 14.7 Å². The summed E-state index contributed by atoms with van der Waals surface area (Å²) in [5.41, 5.74) is 2.15. The fourth-order valence-electron chi connectivity index (χ4n) is 1.85. The van der Waals surface area contributed by atoms with Crippen LogP contribution in [0, 0.1) is 17.0 Å². The maximum atomic E-state index is 11.0. The van der Waals surface area contributed by atoms with Crippen LogP contribution in [0.15, 0.2) is 24.4 Å². The molecule has 0 saturated heterocycles. The van der Waals surface area contributed by atoms with Gasteiger partial charge in [0, 0.05) is 25.9 Å². The summed E-state index contributed by atoms with van der Waals surface area (Å²) in [5, 5.41) is 18.6. The molecule has 0 atom stereocenters. The third-order valence-electron chi connectivity index (χ3n) is 2.76. The van der Waals surface area contributed by atoms with Gasteiger partial charge in [0.1, 0.15) is 0 Å². The molecule has 0 unspecified atom stereocenters.